The number of carbonyl (C=O) groups is 2. The molecular weight excluding hydrogens is 496 g/mol. The third kappa shape index (κ3) is 6.10. The summed E-state index contributed by atoms with van der Waals surface area (Å²) in [5.41, 5.74) is 1.32. The van der Waals surface area contributed by atoms with Gasteiger partial charge in [-0.15, -0.1) is 5.10 Å². The smallest absolute Gasteiger partial charge is 0.305 e. The Balaban J connectivity index is 1.38. The van der Waals surface area contributed by atoms with Crippen molar-refractivity contribution in [1.29, 1.82) is 0 Å². The largest absolute Gasteiger partial charge is 0.469 e. The minimum atomic E-state index is -1.67. The van der Waals surface area contributed by atoms with Crippen LogP contribution in [0.2, 0.25) is 0 Å². The predicted octanol–water partition coefficient (Wildman–Crippen LogP) is 3.56. The number of amides is 1. The number of methoxy groups -OCH3 is 1. The number of allylic oxidation sites excluding steroid dienone is 1. The highest BCUT2D eigenvalue weighted by atomic mass is 16.5. The lowest BCUT2D eigenvalue weighted by Crippen LogP contribution is -2.44. The van der Waals surface area contributed by atoms with Crippen LogP contribution >= 0.6 is 0 Å². The van der Waals surface area contributed by atoms with Crippen molar-refractivity contribution in [3.63, 3.8) is 0 Å². The first kappa shape index (κ1) is 28.2. The summed E-state index contributed by atoms with van der Waals surface area (Å²) < 4.78 is 6.42. The molecule has 1 aliphatic heterocycles. The standard InChI is InChI=1S/C30H36N4O5/c1-22(12-8-10-18-33-20-26(31-32-33)24(21-35)23-13-4-3-5-14-23)30(38)25-15-6-7-16-27(25)34(29(30)37)19-11-9-17-28(36)39-2/h3-8,12-16,20,22,24,35,38H,9-11,17-19,21H2,1-2H3/b12-8+/t22-,24?,30+/m0/s1. The molecule has 206 valence electrons. The molecule has 39 heavy (non-hydrogen) atoms. The highest BCUT2D eigenvalue weighted by Gasteiger charge is 2.52. The van der Waals surface area contributed by atoms with Gasteiger partial charge in [0.05, 0.1) is 31.0 Å². The molecule has 4 rings (SSSR count). The summed E-state index contributed by atoms with van der Waals surface area (Å²) in [7, 11) is 1.36. The number of hydrogen-bond acceptors (Lipinski definition) is 7. The third-order valence-electron chi connectivity index (χ3n) is 7.32. The molecule has 0 spiro atoms. The fraction of sp³-hybridized carbons (Fsp3) is 0.400. The second-order valence-electron chi connectivity index (χ2n) is 9.83. The first-order chi connectivity index (χ1) is 18.9. The molecule has 1 unspecified atom stereocenters. The van der Waals surface area contributed by atoms with Gasteiger partial charge in [-0.1, -0.05) is 72.8 Å². The molecule has 2 heterocycles. The lowest BCUT2D eigenvalue weighted by molar-refractivity contribution is -0.140. The predicted molar refractivity (Wildman–Crippen MR) is 147 cm³/mol. The van der Waals surface area contributed by atoms with E-state index >= 15 is 0 Å². The second-order valence-corrected chi connectivity index (χ2v) is 9.83. The number of anilines is 1. The molecule has 1 aromatic heterocycles. The molecular formula is C30H36N4O5. The van der Waals surface area contributed by atoms with Gasteiger partial charge in [0.2, 0.25) is 0 Å². The van der Waals surface area contributed by atoms with Crippen LogP contribution in [0.3, 0.4) is 0 Å². The number of carbonyl (C=O) groups excluding carboxylic acids is 2. The van der Waals surface area contributed by atoms with Crippen molar-refractivity contribution in [2.24, 2.45) is 5.92 Å². The van der Waals surface area contributed by atoms with E-state index in [4.69, 9.17) is 0 Å². The SMILES string of the molecule is COC(=O)CCCCN1C(=O)[C@@](O)([C@@H](C)/C=C/CCn2cc(C(CO)c3ccccc3)nn2)c2ccccc21. The first-order valence-electron chi connectivity index (χ1n) is 13.3. The maximum Gasteiger partial charge on any atom is 0.305 e. The molecule has 9 heteroatoms. The van der Waals surface area contributed by atoms with Crippen LogP contribution < -0.4 is 4.90 Å². The molecule has 2 aromatic carbocycles. The minimum Gasteiger partial charge on any atom is -0.469 e. The van der Waals surface area contributed by atoms with Gasteiger partial charge in [-0.3, -0.25) is 14.3 Å². The average Bonchev–Trinajstić information content (AvgIpc) is 3.51. The zero-order chi connectivity index (χ0) is 27.8. The zero-order valence-electron chi connectivity index (χ0n) is 22.4. The van der Waals surface area contributed by atoms with E-state index in [1.54, 1.807) is 15.6 Å². The summed E-state index contributed by atoms with van der Waals surface area (Å²) >= 11 is 0. The fourth-order valence-electron chi connectivity index (χ4n) is 5.05. The van der Waals surface area contributed by atoms with E-state index in [2.05, 4.69) is 15.0 Å². The lowest BCUT2D eigenvalue weighted by atomic mass is 9.83. The Morgan fingerprint density at radius 3 is 2.59 bits per heavy atom. The topological polar surface area (TPSA) is 118 Å². The number of aromatic nitrogens is 3. The number of aliphatic hydroxyl groups excluding tert-OH is 1. The van der Waals surface area contributed by atoms with Gasteiger partial charge in [0.15, 0.2) is 5.60 Å². The van der Waals surface area contributed by atoms with Crippen LogP contribution in [-0.2, 0) is 26.5 Å². The number of benzene rings is 2. The molecule has 0 saturated heterocycles. The van der Waals surface area contributed by atoms with E-state index < -0.39 is 11.5 Å². The number of aliphatic hydroxyl groups is 2. The van der Waals surface area contributed by atoms with Crippen LogP contribution in [0.1, 0.15) is 55.3 Å². The molecule has 2 N–H and O–H groups in total. The Morgan fingerprint density at radius 1 is 1.10 bits per heavy atom. The van der Waals surface area contributed by atoms with Crippen molar-refractivity contribution >= 4 is 17.6 Å². The average molecular weight is 533 g/mol. The van der Waals surface area contributed by atoms with E-state index in [9.17, 15) is 19.8 Å². The second kappa shape index (κ2) is 12.8. The summed E-state index contributed by atoms with van der Waals surface area (Å²) in [4.78, 5) is 26.5. The molecule has 9 nitrogen and oxygen atoms in total. The van der Waals surface area contributed by atoms with Crippen LogP contribution in [0.15, 0.2) is 72.9 Å². The van der Waals surface area contributed by atoms with E-state index in [-0.39, 0.29) is 24.4 Å². The van der Waals surface area contributed by atoms with Gasteiger partial charge in [-0.2, -0.15) is 0 Å². The number of rotatable bonds is 13. The van der Waals surface area contributed by atoms with Gasteiger partial charge in [0.1, 0.15) is 0 Å². The number of unbranched alkanes of at least 4 members (excludes halogenated alkanes) is 1. The number of hydrogen-bond donors (Lipinski definition) is 2. The maximum atomic E-state index is 13.5. The summed E-state index contributed by atoms with van der Waals surface area (Å²) in [5, 5.41) is 30.0. The van der Waals surface area contributed by atoms with E-state index in [1.807, 2.05) is 73.8 Å². The Kier molecular flexibility index (Phi) is 9.27. The summed E-state index contributed by atoms with van der Waals surface area (Å²) in [6, 6.07) is 17.0. The quantitative estimate of drug-likeness (QED) is 0.196. The van der Waals surface area contributed by atoms with Crippen molar-refractivity contribution in [3.05, 3.63) is 89.8 Å². The highest BCUT2D eigenvalue weighted by Crippen LogP contribution is 2.45. The number of fused-ring (bicyclic) bond motifs is 1. The Labute approximate surface area is 228 Å². The van der Waals surface area contributed by atoms with Crippen molar-refractivity contribution in [3.8, 4) is 0 Å². The minimum absolute atomic E-state index is 0.0590. The van der Waals surface area contributed by atoms with E-state index in [0.29, 0.717) is 55.7 Å². The van der Waals surface area contributed by atoms with Crippen molar-refractivity contribution < 1.29 is 24.5 Å². The number of ether oxygens (including phenoxy) is 1. The Bertz CT molecular complexity index is 1290. The van der Waals surface area contributed by atoms with E-state index in [1.165, 1.54) is 7.11 Å². The van der Waals surface area contributed by atoms with Crippen molar-refractivity contribution in [2.45, 2.75) is 50.7 Å². The van der Waals surface area contributed by atoms with Crippen molar-refractivity contribution in [2.75, 3.05) is 25.2 Å². The van der Waals surface area contributed by atoms with Crippen LogP contribution in [0.5, 0.6) is 0 Å². The van der Waals surface area contributed by atoms with Gasteiger partial charge < -0.3 is 19.8 Å². The Morgan fingerprint density at radius 2 is 1.85 bits per heavy atom. The molecule has 0 radical (unpaired) electrons. The molecule has 3 atom stereocenters. The summed E-state index contributed by atoms with van der Waals surface area (Å²) in [6.07, 6.45) is 7.80. The first-order valence-corrected chi connectivity index (χ1v) is 13.3. The van der Waals surface area contributed by atoms with Crippen LogP contribution in [0, 0.1) is 5.92 Å². The molecule has 0 bridgehead atoms. The lowest BCUT2D eigenvalue weighted by Gasteiger charge is -2.27. The van der Waals surface area contributed by atoms with Gasteiger partial charge >= 0.3 is 5.97 Å². The van der Waals surface area contributed by atoms with Gasteiger partial charge in [-0.05, 0) is 30.9 Å². The normalized spacial score (nSPS) is 18.4. The third-order valence-corrected chi connectivity index (χ3v) is 7.32. The zero-order valence-corrected chi connectivity index (χ0v) is 22.4. The van der Waals surface area contributed by atoms with Crippen LogP contribution in [-0.4, -0.2) is 57.3 Å². The van der Waals surface area contributed by atoms with Gasteiger partial charge in [0, 0.05) is 37.2 Å². The molecule has 0 aliphatic carbocycles. The van der Waals surface area contributed by atoms with Crippen molar-refractivity contribution in [1.82, 2.24) is 15.0 Å². The number of para-hydroxylation sites is 1. The van der Waals surface area contributed by atoms with E-state index in [0.717, 1.165) is 5.56 Å². The number of aryl methyl sites for hydroxylation is 1. The van der Waals surface area contributed by atoms with Gasteiger partial charge in [-0.25, -0.2) is 0 Å². The molecule has 1 amide bonds. The fourth-order valence-corrected chi connectivity index (χ4v) is 5.05. The number of esters is 1. The van der Waals surface area contributed by atoms with Crippen LogP contribution in [0.25, 0.3) is 0 Å². The van der Waals surface area contributed by atoms with Gasteiger partial charge in [0.25, 0.3) is 5.91 Å². The molecule has 1 aliphatic rings. The summed E-state index contributed by atoms with van der Waals surface area (Å²) in [5.74, 6) is -1.32. The molecule has 0 fully saturated rings. The van der Waals surface area contributed by atoms with Crippen LogP contribution in [0.4, 0.5) is 5.69 Å². The Hall–Kier alpha value is -3.82. The number of nitrogens with zero attached hydrogens (tertiary/aromatic N) is 4. The molecule has 0 saturated carbocycles. The monoisotopic (exact) mass is 532 g/mol. The molecule has 3 aromatic rings. The highest BCUT2D eigenvalue weighted by molar-refractivity contribution is 6.07. The maximum absolute atomic E-state index is 13.5. The summed E-state index contributed by atoms with van der Waals surface area (Å²) in [6.45, 7) is 2.76.